The first kappa shape index (κ1) is 19.3. The highest BCUT2D eigenvalue weighted by Crippen LogP contribution is 2.16. The Labute approximate surface area is 153 Å². The fraction of sp³-hybridized carbons (Fsp3) is 0.300. The molecule has 138 valence electrons. The molecule has 1 unspecified atom stereocenters. The quantitative estimate of drug-likeness (QED) is 0.786. The van der Waals surface area contributed by atoms with Crippen molar-refractivity contribution in [1.82, 2.24) is 4.90 Å². The van der Waals surface area contributed by atoms with E-state index in [1.807, 2.05) is 31.2 Å². The van der Waals surface area contributed by atoms with Gasteiger partial charge in [0.25, 0.3) is 5.91 Å². The lowest BCUT2D eigenvalue weighted by Gasteiger charge is -2.22. The number of rotatable bonds is 8. The van der Waals surface area contributed by atoms with Gasteiger partial charge in [-0.05, 0) is 49.2 Å². The minimum Gasteiger partial charge on any atom is -0.482 e. The van der Waals surface area contributed by atoms with Gasteiger partial charge in [0.1, 0.15) is 11.5 Å². The number of aryl methyl sites for hydroxylation is 1. The maximum Gasteiger partial charge on any atom is 0.341 e. The second kappa shape index (κ2) is 8.89. The maximum atomic E-state index is 12.5. The molecule has 0 aliphatic carbocycles. The molecule has 26 heavy (non-hydrogen) atoms. The fourth-order valence-corrected chi connectivity index (χ4v) is 2.44. The maximum absolute atomic E-state index is 12.5. The molecule has 6 heteroatoms. The van der Waals surface area contributed by atoms with Crippen LogP contribution in [0.15, 0.2) is 48.5 Å². The lowest BCUT2D eigenvalue weighted by atomic mass is 10.2. The summed E-state index contributed by atoms with van der Waals surface area (Å²) in [4.78, 5) is 24.6. The predicted octanol–water partition coefficient (Wildman–Crippen LogP) is 2.88. The lowest BCUT2D eigenvalue weighted by Crippen LogP contribution is -2.37. The number of hydrogen-bond donors (Lipinski definition) is 1. The minimum atomic E-state index is -1.03. The predicted molar refractivity (Wildman–Crippen MR) is 97.3 cm³/mol. The highest BCUT2D eigenvalue weighted by atomic mass is 16.5. The highest BCUT2D eigenvalue weighted by molar-refractivity contribution is 5.80. The number of hydrogen-bond acceptors (Lipinski definition) is 4. The number of carboxylic acid groups (broad SMARTS) is 1. The molecule has 0 bridgehead atoms. The molecule has 1 amide bonds. The largest absolute Gasteiger partial charge is 0.482 e. The normalized spacial score (nSPS) is 11.5. The fourth-order valence-electron chi connectivity index (χ4n) is 2.44. The topological polar surface area (TPSA) is 76.1 Å². The molecule has 0 aliphatic rings. The van der Waals surface area contributed by atoms with E-state index in [1.165, 1.54) is 0 Å². The number of amides is 1. The summed E-state index contributed by atoms with van der Waals surface area (Å²) < 4.78 is 10.8. The summed E-state index contributed by atoms with van der Waals surface area (Å²) in [6, 6.07) is 14.5. The van der Waals surface area contributed by atoms with Crippen molar-refractivity contribution in [2.45, 2.75) is 26.5 Å². The molecule has 1 N–H and O–H groups in total. The Balaban J connectivity index is 1.90. The number of carboxylic acids is 1. The average Bonchev–Trinajstić information content (AvgIpc) is 2.60. The third-order valence-corrected chi connectivity index (χ3v) is 3.73. The van der Waals surface area contributed by atoms with Gasteiger partial charge in [-0.2, -0.15) is 0 Å². The van der Waals surface area contributed by atoms with Crippen LogP contribution >= 0.6 is 0 Å². The van der Waals surface area contributed by atoms with Crippen molar-refractivity contribution >= 4 is 11.9 Å². The van der Waals surface area contributed by atoms with Crippen molar-refractivity contribution < 1.29 is 24.2 Å². The van der Waals surface area contributed by atoms with Gasteiger partial charge >= 0.3 is 5.97 Å². The molecule has 1 atom stereocenters. The number of ether oxygens (including phenoxy) is 2. The Hall–Kier alpha value is -3.02. The van der Waals surface area contributed by atoms with E-state index in [-0.39, 0.29) is 12.5 Å². The molecule has 0 radical (unpaired) electrons. The van der Waals surface area contributed by atoms with Crippen molar-refractivity contribution in [2.75, 3.05) is 13.7 Å². The number of likely N-dealkylation sites (N-methyl/N-ethyl adjacent to an activating group) is 1. The van der Waals surface area contributed by atoms with E-state index < -0.39 is 12.1 Å². The average molecular weight is 357 g/mol. The van der Waals surface area contributed by atoms with E-state index in [9.17, 15) is 9.59 Å². The van der Waals surface area contributed by atoms with E-state index in [0.29, 0.717) is 18.0 Å². The molecule has 0 heterocycles. The number of aliphatic carboxylic acids is 1. The van der Waals surface area contributed by atoms with Gasteiger partial charge in [-0.3, -0.25) is 4.79 Å². The lowest BCUT2D eigenvalue weighted by molar-refractivity contribution is -0.139. The highest BCUT2D eigenvalue weighted by Gasteiger charge is 2.19. The zero-order valence-electron chi connectivity index (χ0n) is 15.1. The van der Waals surface area contributed by atoms with Gasteiger partial charge in [0.05, 0.1) is 0 Å². The molecule has 0 aliphatic heterocycles. The molecule has 0 aromatic heterocycles. The third kappa shape index (κ3) is 5.81. The molecular weight excluding hydrogens is 334 g/mol. The van der Waals surface area contributed by atoms with Gasteiger partial charge in [0.15, 0.2) is 12.7 Å². The molecular formula is C20H23NO5. The van der Waals surface area contributed by atoms with Gasteiger partial charge < -0.3 is 19.5 Å². The van der Waals surface area contributed by atoms with Gasteiger partial charge in [0.2, 0.25) is 0 Å². The third-order valence-electron chi connectivity index (χ3n) is 3.73. The van der Waals surface area contributed by atoms with Crippen LogP contribution in [0.4, 0.5) is 0 Å². The first-order valence-corrected chi connectivity index (χ1v) is 8.27. The van der Waals surface area contributed by atoms with Crippen LogP contribution < -0.4 is 9.47 Å². The van der Waals surface area contributed by atoms with Crippen LogP contribution in [0.5, 0.6) is 11.5 Å². The van der Waals surface area contributed by atoms with E-state index in [0.717, 1.165) is 11.1 Å². The zero-order chi connectivity index (χ0) is 19.1. The standard InChI is InChI=1S/C20H23NO5/c1-14-5-4-6-18(11-14)26-15(2)20(24)21(3)12-16-7-9-17(10-8-16)25-13-19(22)23/h4-11,15H,12-13H2,1-3H3,(H,22,23). The molecule has 0 spiro atoms. The summed E-state index contributed by atoms with van der Waals surface area (Å²) in [6.45, 7) is 3.73. The molecule has 6 nitrogen and oxygen atoms in total. The summed E-state index contributed by atoms with van der Waals surface area (Å²) >= 11 is 0. The second-order valence-electron chi connectivity index (χ2n) is 6.10. The Morgan fingerprint density at radius 2 is 1.81 bits per heavy atom. The van der Waals surface area contributed by atoms with Crippen molar-refractivity contribution in [3.8, 4) is 11.5 Å². The van der Waals surface area contributed by atoms with Crippen LogP contribution in [-0.2, 0) is 16.1 Å². The van der Waals surface area contributed by atoms with Crippen molar-refractivity contribution in [1.29, 1.82) is 0 Å². The van der Waals surface area contributed by atoms with Crippen molar-refractivity contribution in [3.05, 3.63) is 59.7 Å². The summed E-state index contributed by atoms with van der Waals surface area (Å²) in [5.41, 5.74) is 1.98. The van der Waals surface area contributed by atoms with Crippen LogP contribution in [0.25, 0.3) is 0 Å². The SMILES string of the molecule is Cc1cccc(OC(C)C(=O)N(C)Cc2ccc(OCC(=O)O)cc2)c1. The number of carbonyl (C=O) groups is 2. The smallest absolute Gasteiger partial charge is 0.341 e. The number of nitrogens with zero attached hydrogens (tertiary/aromatic N) is 1. The number of carbonyl (C=O) groups excluding carboxylic acids is 1. The van der Waals surface area contributed by atoms with Crippen LogP contribution in [0, 0.1) is 6.92 Å². The van der Waals surface area contributed by atoms with Crippen molar-refractivity contribution in [3.63, 3.8) is 0 Å². The Bertz CT molecular complexity index is 757. The van der Waals surface area contributed by atoms with Crippen LogP contribution in [-0.4, -0.2) is 41.6 Å². The molecule has 0 saturated carbocycles. The first-order chi connectivity index (χ1) is 12.3. The Morgan fingerprint density at radius 1 is 1.12 bits per heavy atom. The molecule has 2 aromatic carbocycles. The number of benzene rings is 2. The first-order valence-electron chi connectivity index (χ1n) is 8.27. The van der Waals surface area contributed by atoms with E-state index in [1.54, 1.807) is 43.1 Å². The Morgan fingerprint density at radius 3 is 2.42 bits per heavy atom. The summed E-state index contributed by atoms with van der Waals surface area (Å²) in [6.07, 6.45) is -0.597. The summed E-state index contributed by atoms with van der Waals surface area (Å²) in [5.74, 6) is -0.0137. The van der Waals surface area contributed by atoms with Crippen molar-refractivity contribution in [2.24, 2.45) is 0 Å². The van der Waals surface area contributed by atoms with Gasteiger partial charge in [0, 0.05) is 13.6 Å². The minimum absolute atomic E-state index is 0.127. The molecule has 0 saturated heterocycles. The summed E-state index contributed by atoms with van der Waals surface area (Å²) in [5, 5.41) is 8.60. The van der Waals surface area contributed by atoms with Crippen LogP contribution in [0.3, 0.4) is 0 Å². The van der Waals surface area contributed by atoms with E-state index in [2.05, 4.69) is 0 Å². The van der Waals surface area contributed by atoms with Crippen LogP contribution in [0.2, 0.25) is 0 Å². The van der Waals surface area contributed by atoms with E-state index in [4.69, 9.17) is 14.6 Å². The second-order valence-corrected chi connectivity index (χ2v) is 6.10. The molecule has 2 aromatic rings. The van der Waals surface area contributed by atoms with Gasteiger partial charge in [-0.25, -0.2) is 4.79 Å². The zero-order valence-corrected chi connectivity index (χ0v) is 15.1. The van der Waals surface area contributed by atoms with Gasteiger partial charge in [-0.15, -0.1) is 0 Å². The van der Waals surface area contributed by atoms with Crippen LogP contribution in [0.1, 0.15) is 18.1 Å². The molecule has 0 fully saturated rings. The molecule has 2 rings (SSSR count). The Kier molecular flexibility index (Phi) is 6.60. The monoisotopic (exact) mass is 357 g/mol. The van der Waals surface area contributed by atoms with Gasteiger partial charge in [-0.1, -0.05) is 24.3 Å². The summed E-state index contributed by atoms with van der Waals surface area (Å²) in [7, 11) is 1.72. The van der Waals surface area contributed by atoms with E-state index >= 15 is 0 Å².